The van der Waals surface area contributed by atoms with Gasteiger partial charge in [0.25, 0.3) is 5.89 Å². The molecule has 144 valence electrons. The number of benzene rings is 1. The molecule has 28 heavy (non-hydrogen) atoms. The molecule has 2 heterocycles. The number of hydrogen-bond donors (Lipinski definition) is 2. The van der Waals surface area contributed by atoms with Crippen molar-refractivity contribution < 1.29 is 9.32 Å². The van der Waals surface area contributed by atoms with E-state index in [1.54, 1.807) is 36.8 Å². The Labute approximate surface area is 166 Å². The quantitative estimate of drug-likeness (QED) is 0.683. The molecular formula is C19H19ClN6O2. The van der Waals surface area contributed by atoms with Gasteiger partial charge in [-0.2, -0.15) is 4.98 Å². The molecule has 2 aromatic heterocycles. The van der Waals surface area contributed by atoms with E-state index in [1.807, 2.05) is 6.07 Å². The van der Waals surface area contributed by atoms with Gasteiger partial charge in [-0.3, -0.25) is 4.98 Å². The van der Waals surface area contributed by atoms with Gasteiger partial charge in [-0.25, -0.2) is 9.78 Å². The zero-order valence-electron chi connectivity index (χ0n) is 15.1. The van der Waals surface area contributed by atoms with Crippen LogP contribution in [0.2, 0.25) is 5.02 Å². The van der Waals surface area contributed by atoms with E-state index in [4.69, 9.17) is 16.1 Å². The highest BCUT2D eigenvalue weighted by atomic mass is 35.5. The van der Waals surface area contributed by atoms with Gasteiger partial charge in [0.2, 0.25) is 5.82 Å². The standard InChI is InChI=1S/C19H19ClN6O2/c20-13-6-2-3-7-14(13)23-18(27)25-19(8-4-1-5-9-19)17-24-16(26-28-17)15-12-21-10-11-22-15/h2-3,6-7,10-12H,1,4-5,8-9H2,(H2,23,25,27). The number of hydrogen-bond acceptors (Lipinski definition) is 6. The van der Waals surface area contributed by atoms with Crippen LogP contribution in [-0.2, 0) is 5.54 Å². The molecule has 9 heteroatoms. The first-order chi connectivity index (χ1) is 13.7. The number of anilines is 1. The minimum Gasteiger partial charge on any atom is -0.336 e. The third-order valence-corrected chi connectivity index (χ3v) is 5.14. The van der Waals surface area contributed by atoms with Gasteiger partial charge in [-0.15, -0.1) is 0 Å². The van der Waals surface area contributed by atoms with E-state index in [0.717, 1.165) is 19.3 Å². The Kier molecular flexibility index (Phi) is 5.21. The third-order valence-electron chi connectivity index (χ3n) is 4.81. The van der Waals surface area contributed by atoms with Crippen LogP contribution < -0.4 is 10.6 Å². The number of aromatic nitrogens is 4. The van der Waals surface area contributed by atoms with Crippen molar-refractivity contribution in [2.45, 2.75) is 37.6 Å². The predicted octanol–water partition coefficient (Wildman–Crippen LogP) is 4.16. The summed E-state index contributed by atoms with van der Waals surface area (Å²) in [5, 5.41) is 10.3. The molecule has 1 fully saturated rings. The van der Waals surface area contributed by atoms with Crippen molar-refractivity contribution in [3.05, 3.63) is 53.8 Å². The lowest BCUT2D eigenvalue weighted by atomic mass is 9.81. The Bertz CT molecular complexity index is 956. The normalized spacial score (nSPS) is 15.8. The highest BCUT2D eigenvalue weighted by molar-refractivity contribution is 6.33. The van der Waals surface area contributed by atoms with Crippen LogP contribution in [0, 0.1) is 0 Å². The van der Waals surface area contributed by atoms with E-state index in [1.165, 1.54) is 0 Å². The highest BCUT2D eigenvalue weighted by Gasteiger charge is 2.41. The van der Waals surface area contributed by atoms with Gasteiger partial charge in [0.1, 0.15) is 11.2 Å². The number of nitrogens with zero attached hydrogens (tertiary/aromatic N) is 4. The summed E-state index contributed by atoms with van der Waals surface area (Å²) >= 11 is 6.14. The number of urea groups is 1. The number of nitrogens with one attached hydrogen (secondary N) is 2. The fourth-order valence-corrected chi connectivity index (χ4v) is 3.60. The summed E-state index contributed by atoms with van der Waals surface area (Å²) in [6.07, 6.45) is 9.14. The molecule has 1 aromatic carbocycles. The molecule has 0 unspecified atom stereocenters. The number of amides is 2. The molecular weight excluding hydrogens is 380 g/mol. The monoisotopic (exact) mass is 398 g/mol. The first kappa shape index (κ1) is 18.4. The highest BCUT2D eigenvalue weighted by Crippen LogP contribution is 2.37. The summed E-state index contributed by atoms with van der Waals surface area (Å²) in [5.41, 5.74) is 0.333. The van der Waals surface area contributed by atoms with Gasteiger partial charge < -0.3 is 15.2 Å². The van der Waals surface area contributed by atoms with Crippen molar-refractivity contribution in [1.29, 1.82) is 0 Å². The zero-order valence-corrected chi connectivity index (χ0v) is 15.8. The van der Waals surface area contributed by atoms with Gasteiger partial charge in [0.15, 0.2) is 0 Å². The third kappa shape index (κ3) is 3.82. The average Bonchev–Trinajstić information content (AvgIpc) is 3.22. The maximum absolute atomic E-state index is 12.7. The SMILES string of the molecule is O=C(Nc1ccccc1Cl)NC1(c2nc(-c3cnccn3)no2)CCCCC1. The first-order valence-electron chi connectivity index (χ1n) is 9.11. The average molecular weight is 399 g/mol. The molecule has 8 nitrogen and oxygen atoms in total. The number of para-hydroxylation sites is 1. The van der Waals surface area contributed by atoms with Crippen LogP contribution in [0.15, 0.2) is 47.4 Å². The second-order valence-electron chi connectivity index (χ2n) is 6.72. The molecule has 0 spiro atoms. The summed E-state index contributed by atoms with van der Waals surface area (Å²) in [6, 6.07) is 6.71. The molecule has 2 N–H and O–H groups in total. The molecule has 0 aliphatic heterocycles. The summed E-state index contributed by atoms with van der Waals surface area (Å²) in [7, 11) is 0. The van der Waals surface area contributed by atoms with Crippen LogP contribution in [0.5, 0.6) is 0 Å². The molecule has 3 aromatic rings. The Hall–Kier alpha value is -3.00. The maximum Gasteiger partial charge on any atom is 0.320 e. The minimum absolute atomic E-state index is 0.348. The number of rotatable bonds is 4. The molecule has 1 aliphatic carbocycles. The van der Waals surface area contributed by atoms with Crippen LogP contribution in [-0.4, -0.2) is 26.1 Å². The van der Waals surface area contributed by atoms with E-state index in [0.29, 0.717) is 41.0 Å². The van der Waals surface area contributed by atoms with Gasteiger partial charge >= 0.3 is 6.03 Å². The van der Waals surface area contributed by atoms with Crippen LogP contribution in [0.3, 0.4) is 0 Å². The fraction of sp³-hybridized carbons (Fsp3) is 0.316. The molecule has 0 radical (unpaired) electrons. The van der Waals surface area contributed by atoms with Crippen LogP contribution >= 0.6 is 11.6 Å². The van der Waals surface area contributed by atoms with Gasteiger partial charge in [-0.05, 0) is 25.0 Å². The summed E-state index contributed by atoms with van der Waals surface area (Å²) in [4.78, 5) is 25.4. The van der Waals surface area contributed by atoms with Crippen molar-refractivity contribution in [2.75, 3.05) is 5.32 Å². The molecule has 2 amide bonds. The second kappa shape index (κ2) is 7.93. The van der Waals surface area contributed by atoms with E-state index in [9.17, 15) is 4.79 Å². The van der Waals surface area contributed by atoms with Crippen LogP contribution in [0.25, 0.3) is 11.5 Å². The Balaban J connectivity index is 1.58. The van der Waals surface area contributed by atoms with Gasteiger partial charge in [-0.1, -0.05) is 48.2 Å². The molecule has 0 atom stereocenters. The number of halogens is 1. The first-order valence-corrected chi connectivity index (χ1v) is 9.48. The molecule has 0 saturated heterocycles. The number of carbonyl (C=O) groups excluding carboxylic acids is 1. The molecule has 1 aliphatic rings. The minimum atomic E-state index is -0.725. The molecule has 1 saturated carbocycles. The maximum atomic E-state index is 12.7. The summed E-state index contributed by atoms with van der Waals surface area (Å²) in [6.45, 7) is 0. The molecule has 0 bridgehead atoms. The number of carbonyl (C=O) groups is 1. The summed E-state index contributed by atoms with van der Waals surface area (Å²) < 4.78 is 5.54. The van der Waals surface area contributed by atoms with Crippen LogP contribution in [0.4, 0.5) is 10.5 Å². The van der Waals surface area contributed by atoms with Gasteiger partial charge in [0, 0.05) is 12.4 Å². The zero-order chi connectivity index (χ0) is 19.4. The van der Waals surface area contributed by atoms with E-state index in [2.05, 4.69) is 30.7 Å². The van der Waals surface area contributed by atoms with Crippen molar-refractivity contribution in [3.8, 4) is 11.5 Å². The molecule has 4 rings (SSSR count). The fourth-order valence-electron chi connectivity index (χ4n) is 3.42. The van der Waals surface area contributed by atoms with Crippen LogP contribution in [0.1, 0.15) is 38.0 Å². The van der Waals surface area contributed by atoms with E-state index >= 15 is 0 Å². The largest absolute Gasteiger partial charge is 0.336 e. The van der Waals surface area contributed by atoms with Crippen molar-refractivity contribution in [2.24, 2.45) is 0 Å². The van der Waals surface area contributed by atoms with Crippen molar-refractivity contribution >= 4 is 23.3 Å². The Morgan fingerprint density at radius 3 is 2.71 bits per heavy atom. The smallest absolute Gasteiger partial charge is 0.320 e. The predicted molar refractivity (Wildman–Crippen MR) is 104 cm³/mol. The van der Waals surface area contributed by atoms with E-state index in [-0.39, 0.29) is 6.03 Å². The Morgan fingerprint density at radius 2 is 1.96 bits per heavy atom. The summed E-state index contributed by atoms with van der Waals surface area (Å²) in [5.74, 6) is 0.725. The van der Waals surface area contributed by atoms with Crippen molar-refractivity contribution in [3.63, 3.8) is 0 Å². The lowest BCUT2D eigenvalue weighted by Crippen LogP contribution is -2.49. The van der Waals surface area contributed by atoms with E-state index < -0.39 is 5.54 Å². The lowest BCUT2D eigenvalue weighted by molar-refractivity contribution is 0.173. The second-order valence-corrected chi connectivity index (χ2v) is 7.12. The lowest BCUT2D eigenvalue weighted by Gasteiger charge is -2.34. The van der Waals surface area contributed by atoms with Crippen molar-refractivity contribution in [1.82, 2.24) is 25.4 Å². The Morgan fingerprint density at radius 1 is 1.14 bits per heavy atom. The van der Waals surface area contributed by atoms with Gasteiger partial charge in [0.05, 0.1) is 16.9 Å². The topological polar surface area (TPSA) is 106 Å².